The van der Waals surface area contributed by atoms with E-state index in [2.05, 4.69) is 13.8 Å². The quantitative estimate of drug-likeness (QED) is 0.700. The minimum Gasteiger partial charge on any atom is -0.299 e. The van der Waals surface area contributed by atoms with Crippen LogP contribution in [-0.2, 0) is 4.79 Å². The molecule has 0 spiro atoms. The molecule has 17 heavy (non-hydrogen) atoms. The van der Waals surface area contributed by atoms with E-state index in [-0.39, 0.29) is 0 Å². The molecule has 1 heteroatoms. The summed E-state index contributed by atoms with van der Waals surface area (Å²) in [6.07, 6.45) is 11.5. The first-order valence-electron chi connectivity index (χ1n) is 7.72. The highest BCUT2D eigenvalue weighted by Crippen LogP contribution is 2.36. The number of hydrogen-bond donors (Lipinski definition) is 0. The van der Waals surface area contributed by atoms with E-state index < -0.39 is 0 Å². The van der Waals surface area contributed by atoms with Crippen LogP contribution < -0.4 is 0 Å². The van der Waals surface area contributed by atoms with Gasteiger partial charge in [-0.2, -0.15) is 0 Å². The van der Waals surface area contributed by atoms with Gasteiger partial charge in [0, 0.05) is 11.8 Å². The molecule has 2 fully saturated rings. The van der Waals surface area contributed by atoms with Gasteiger partial charge in [0.05, 0.1) is 0 Å². The van der Waals surface area contributed by atoms with E-state index >= 15 is 0 Å². The third kappa shape index (κ3) is 3.33. The Kier molecular flexibility index (Phi) is 4.64. The van der Waals surface area contributed by atoms with Crippen LogP contribution in [-0.4, -0.2) is 5.78 Å². The van der Waals surface area contributed by atoms with Crippen molar-refractivity contribution in [2.24, 2.45) is 23.7 Å². The predicted molar refractivity (Wildman–Crippen MR) is 71.9 cm³/mol. The van der Waals surface area contributed by atoms with Gasteiger partial charge in [0.15, 0.2) is 0 Å². The van der Waals surface area contributed by atoms with Gasteiger partial charge >= 0.3 is 0 Å². The molecule has 1 unspecified atom stereocenters. The molecule has 1 nitrogen and oxygen atoms in total. The van der Waals surface area contributed by atoms with Gasteiger partial charge in [0.25, 0.3) is 0 Å². The molecule has 0 aromatic carbocycles. The highest BCUT2D eigenvalue weighted by Gasteiger charge is 2.32. The maximum absolute atomic E-state index is 12.5. The summed E-state index contributed by atoms with van der Waals surface area (Å²) in [5, 5.41) is 0. The lowest BCUT2D eigenvalue weighted by Crippen LogP contribution is -2.30. The Hall–Kier alpha value is -0.330. The zero-order chi connectivity index (χ0) is 12.3. The van der Waals surface area contributed by atoms with Crippen molar-refractivity contribution in [3.05, 3.63) is 0 Å². The monoisotopic (exact) mass is 236 g/mol. The summed E-state index contributed by atoms with van der Waals surface area (Å²) in [6.45, 7) is 4.56. The van der Waals surface area contributed by atoms with Gasteiger partial charge in [-0.1, -0.05) is 46.0 Å². The fraction of sp³-hybridized carbons (Fsp3) is 0.938. The zero-order valence-corrected chi connectivity index (χ0v) is 11.6. The maximum atomic E-state index is 12.5. The van der Waals surface area contributed by atoms with Gasteiger partial charge in [-0.25, -0.2) is 0 Å². The molecule has 0 aromatic rings. The van der Waals surface area contributed by atoms with Gasteiger partial charge in [-0.05, 0) is 37.5 Å². The zero-order valence-electron chi connectivity index (χ0n) is 11.6. The predicted octanol–water partition coefficient (Wildman–Crippen LogP) is 4.60. The number of carbonyl (C=O) groups is 1. The summed E-state index contributed by atoms with van der Waals surface area (Å²) >= 11 is 0. The van der Waals surface area contributed by atoms with Crippen LogP contribution >= 0.6 is 0 Å². The lowest BCUT2D eigenvalue weighted by atomic mass is 9.72. The topological polar surface area (TPSA) is 17.1 Å². The van der Waals surface area contributed by atoms with E-state index in [0.717, 1.165) is 5.92 Å². The second kappa shape index (κ2) is 6.02. The third-order valence-corrected chi connectivity index (χ3v) is 5.22. The second-order valence-corrected chi connectivity index (χ2v) is 6.55. The minimum atomic E-state index is 0.339. The summed E-state index contributed by atoms with van der Waals surface area (Å²) < 4.78 is 0. The van der Waals surface area contributed by atoms with Crippen molar-refractivity contribution in [1.82, 2.24) is 0 Å². The molecule has 0 saturated heterocycles. The first-order valence-corrected chi connectivity index (χ1v) is 7.72. The van der Waals surface area contributed by atoms with E-state index in [4.69, 9.17) is 0 Å². The molecule has 2 rings (SSSR count). The van der Waals surface area contributed by atoms with Crippen molar-refractivity contribution >= 4 is 5.78 Å². The largest absolute Gasteiger partial charge is 0.299 e. The maximum Gasteiger partial charge on any atom is 0.139 e. The molecule has 1 atom stereocenters. The van der Waals surface area contributed by atoms with Crippen LogP contribution in [0.4, 0.5) is 0 Å². The summed E-state index contributed by atoms with van der Waals surface area (Å²) in [7, 11) is 0. The van der Waals surface area contributed by atoms with E-state index in [1.807, 2.05) is 0 Å². The number of ketones is 1. The molecular formula is C16H28O. The Morgan fingerprint density at radius 3 is 2.12 bits per heavy atom. The van der Waals surface area contributed by atoms with Crippen LogP contribution in [0, 0.1) is 23.7 Å². The molecule has 0 heterocycles. The molecule has 0 aliphatic heterocycles. The standard InChI is InChI=1S/C16H28O/c1-12-8-10-14(11-9-12)13(2)16(17)15-6-4-3-5-7-15/h12-15H,3-11H2,1-2H3. The normalized spacial score (nSPS) is 33.3. The second-order valence-electron chi connectivity index (χ2n) is 6.55. The Morgan fingerprint density at radius 2 is 1.53 bits per heavy atom. The summed E-state index contributed by atoms with van der Waals surface area (Å²) in [5.41, 5.74) is 0. The van der Waals surface area contributed by atoms with Gasteiger partial charge in [-0.3, -0.25) is 4.79 Å². The van der Waals surface area contributed by atoms with Crippen molar-refractivity contribution in [2.45, 2.75) is 71.6 Å². The molecule has 98 valence electrons. The van der Waals surface area contributed by atoms with Crippen molar-refractivity contribution in [3.63, 3.8) is 0 Å². The number of Topliss-reactive ketones (excluding diaryl/α,β-unsaturated/α-hetero) is 1. The van der Waals surface area contributed by atoms with Crippen LogP contribution in [0.25, 0.3) is 0 Å². The summed E-state index contributed by atoms with van der Waals surface area (Å²) in [5.74, 6) is 2.94. The first-order chi connectivity index (χ1) is 8.18. The van der Waals surface area contributed by atoms with Gasteiger partial charge in [-0.15, -0.1) is 0 Å². The minimum absolute atomic E-state index is 0.339. The van der Waals surface area contributed by atoms with Crippen molar-refractivity contribution < 1.29 is 4.79 Å². The molecule has 0 radical (unpaired) electrons. The molecule has 2 aliphatic rings. The molecule has 0 amide bonds. The van der Waals surface area contributed by atoms with Crippen molar-refractivity contribution in [3.8, 4) is 0 Å². The number of rotatable bonds is 3. The lowest BCUT2D eigenvalue weighted by molar-refractivity contribution is -0.129. The Labute approximate surface area is 106 Å². The van der Waals surface area contributed by atoms with Crippen LogP contribution in [0.1, 0.15) is 71.6 Å². The van der Waals surface area contributed by atoms with Gasteiger partial charge < -0.3 is 0 Å². The highest BCUT2D eigenvalue weighted by atomic mass is 16.1. The first kappa shape index (κ1) is 13.1. The summed E-state index contributed by atoms with van der Waals surface area (Å²) in [4.78, 5) is 12.5. The van der Waals surface area contributed by atoms with Crippen molar-refractivity contribution in [2.75, 3.05) is 0 Å². The van der Waals surface area contributed by atoms with Crippen LogP contribution in [0.3, 0.4) is 0 Å². The molecular weight excluding hydrogens is 208 g/mol. The fourth-order valence-corrected chi connectivity index (χ4v) is 3.78. The average molecular weight is 236 g/mol. The molecule has 2 aliphatic carbocycles. The fourth-order valence-electron chi connectivity index (χ4n) is 3.78. The Bertz CT molecular complexity index is 244. The summed E-state index contributed by atoms with van der Waals surface area (Å²) in [6, 6.07) is 0. The van der Waals surface area contributed by atoms with Crippen LogP contribution in [0.15, 0.2) is 0 Å². The molecule has 0 bridgehead atoms. The number of hydrogen-bond acceptors (Lipinski definition) is 1. The molecule has 2 saturated carbocycles. The SMILES string of the molecule is CC1CCC(C(C)C(=O)C2CCCCC2)CC1. The smallest absolute Gasteiger partial charge is 0.139 e. The van der Waals surface area contributed by atoms with Crippen LogP contribution in [0.5, 0.6) is 0 Å². The lowest BCUT2D eigenvalue weighted by Gasteiger charge is -2.32. The van der Waals surface area contributed by atoms with E-state index in [0.29, 0.717) is 23.5 Å². The van der Waals surface area contributed by atoms with E-state index in [1.54, 1.807) is 0 Å². The Morgan fingerprint density at radius 1 is 0.941 bits per heavy atom. The van der Waals surface area contributed by atoms with Crippen molar-refractivity contribution in [1.29, 1.82) is 0 Å². The van der Waals surface area contributed by atoms with Gasteiger partial charge in [0.1, 0.15) is 5.78 Å². The average Bonchev–Trinajstić information content (AvgIpc) is 2.39. The van der Waals surface area contributed by atoms with Gasteiger partial charge in [0.2, 0.25) is 0 Å². The third-order valence-electron chi connectivity index (χ3n) is 5.22. The van der Waals surface area contributed by atoms with Crippen LogP contribution in [0.2, 0.25) is 0 Å². The Balaban J connectivity index is 1.85. The number of carbonyl (C=O) groups excluding carboxylic acids is 1. The van der Waals surface area contributed by atoms with E-state index in [9.17, 15) is 4.79 Å². The molecule has 0 N–H and O–H groups in total. The molecule has 0 aromatic heterocycles. The van der Waals surface area contributed by atoms with E-state index in [1.165, 1.54) is 57.8 Å². The highest BCUT2D eigenvalue weighted by molar-refractivity contribution is 5.83.